The number of halogens is 5. The Hall–Kier alpha value is -3.21. The zero-order valence-corrected chi connectivity index (χ0v) is 21.0. The van der Waals surface area contributed by atoms with E-state index in [9.17, 15) is 23.1 Å². The molecule has 37 heavy (non-hydrogen) atoms. The molecular formula is C25H22Cl2F3N3O4. The van der Waals surface area contributed by atoms with Gasteiger partial charge in [-0.1, -0.05) is 35.9 Å². The van der Waals surface area contributed by atoms with E-state index in [2.05, 4.69) is 10.1 Å². The van der Waals surface area contributed by atoms with Gasteiger partial charge in [0.05, 0.1) is 35.8 Å². The molecule has 7 nitrogen and oxygen atoms in total. The minimum atomic E-state index is -4.21. The zero-order valence-electron chi connectivity index (χ0n) is 19.4. The number of carbonyl (C=O) groups excluding carboxylic acids is 1. The summed E-state index contributed by atoms with van der Waals surface area (Å²) in [6.07, 6.45) is -3.55. The van der Waals surface area contributed by atoms with Gasteiger partial charge in [0, 0.05) is 17.5 Å². The van der Waals surface area contributed by atoms with Crippen molar-refractivity contribution in [2.75, 3.05) is 26.7 Å². The lowest BCUT2D eigenvalue weighted by atomic mass is 9.95. The van der Waals surface area contributed by atoms with Crippen LogP contribution in [0.3, 0.4) is 0 Å². The molecular weight excluding hydrogens is 534 g/mol. The summed E-state index contributed by atoms with van der Waals surface area (Å²) in [5, 5.41) is 14.9. The van der Waals surface area contributed by atoms with E-state index in [1.165, 1.54) is 18.1 Å². The lowest BCUT2D eigenvalue weighted by Gasteiger charge is -2.18. The summed E-state index contributed by atoms with van der Waals surface area (Å²) in [4.78, 5) is 17.2. The molecule has 0 spiro atoms. The van der Waals surface area contributed by atoms with Crippen molar-refractivity contribution in [3.8, 4) is 22.9 Å². The molecule has 1 aliphatic heterocycles. The summed E-state index contributed by atoms with van der Waals surface area (Å²) < 4.78 is 48.1. The molecule has 1 atom stereocenters. The van der Waals surface area contributed by atoms with Crippen LogP contribution in [0.2, 0.25) is 5.02 Å². The molecule has 196 valence electrons. The van der Waals surface area contributed by atoms with E-state index in [0.717, 1.165) is 11.1 Å². The smallest absolute Gasteiger partial charge is 0.401 e. The van der Waals surface area contributed by atoms with Gasteiger partial charge in [-0.05, 0) is 47.3 Å². The summed E-state index contributed by atoms with van der Waals surface area (Å²) in [6, 6.07) is 12.1. The predicted molar refractivity (Wildman–Crippen MR) is 134 cm³/mol. The Morgan fingerprint density at radius 1 is 1.27 bits per heavy atom. The standard InChI is InChI=1S/C25H21ClF3N3O4.ClH/c1-35-21-10-20(36-31-21)23(33)22-17-8-16(18(26)9-19(17)30-24(22)34)14-4-2-13(3-5-14)15-6-7-32(11-15)12-25(27,28)29;/h2-5,8-10,15,30,34H,6-7,11-12H2,1H3;1H. The van der Waals surface area contributed by atoms with E-state index in [1.54, 1.807) is 12.1 Å². The van der Waals surface area contributed by atoms with E-state index in [-0.39, 0.29) is 41.4 Å². The number of fused-ring (bicyclic) bond motifs is 1. The first kappa shape index (κ1) is 26.8. The van der Waals surface area contributed by atoms with Crippen LogP contribution >= 0.6 is 24.0 Å². The van der Waals surface area contributed by atoms with Crippen molar-refractivity contribution >= 4 is 40.7 Å². The summed E-state index contributed by atoms with van der Waals surface area (Å²) in [6.45, 7) is -0.145. The molecule has 5 rings (SSSR count). The second-order valence-electron chi connectivity index (χ2n) is 8.75. The molecule has 2 aromatic carbocycles. The number of hydrogen-bond acceptors (Lipinski definition) is 6. The number of ketones is 1. The summed E-state index contributed by atoms with van der Waals surface area (Å²) in [5.74, 6) is -0.865. The van der Waals surface area contributed by atoms with Crippen LogP contribution in [0.25, 0.3) is 22.0 Å². The first-order valence-electron chi connectivity index (χ1n) is 11.1. The van der Waals surface area contributed by atoms with Gasteiger partial charge in [0.15, 0.2) is 0 Å². The maximum absolute atomic E-state index is 13.0. The number of hydrogen-bond donors (Lipinski definition) is 2. The highest BCUT2D eigenvalue weighted by atomic mass is 35.5. The maximum Gasteiger partial charge on any atom is 0.401 e. The molecule has 0 aliphatic carbocycles. The van der Waals surface area contributed by atoms with Crippen molar-refractivity contribution in [3.63, 3.8) is 0 Å². The molecule has 1 unspecified atom stereocenters. The Kier molecular flexibility index (Phi) is 7.45. The van der Waals surface area contributed by atoms with E-state index >= 15 is 0 Å². The van der Waals surface area contributed by atoms with E-state index in [1.807, 2.05) is 24.3 Å². The Balaban J connectivity index is 0.00000320. The second-order valence-corrected chi connectivity index (χ2v) is 9.15. The summed E-state index contributed by atoms with van der Waals surface area (Å²) in [7, 11) is 1.39. The van der Waals surface area contributed by atoms with Gasteiger partial charge in [-0.25, -0.2) is 0 Å². The number of carbonyl (C=O) groups is 1. The zero-order chi connectivity index (χ0) is 25.6. The van der Waals surface area contributed by atoms with Crippen molar-refractivity contribution in [2.24, 2.45) is 0 Å². The number of aromatic nitrogens is 2. The second kappa shape index (κ2) is 10.3. The fourth-order valence-corrected chi connectivity index (χ4v) is 4.95. The monoisotopic (exact) mass is 555 g/mol. The van der Waals surface area contributed by atoms with Gasteiger partial charge in [0.1, 0.15) is 0 Å². The number of aromatic amines is 1. The van der Waals surface area contributed by atoms with Crippen molar-refractivity contribution in [1.82, 2.24) is 15.0 Å². The molecule has 0 radical (unpaired) electrons. The number of benzene rings is 2. The third kappa shape index (κ3) is 5.41. The van der Waals surface area contributed by atoms with Gasteiger partial charge in [0.25, 0.3) is 5.88 Å². The van der Waals surface area contributed by atoms with Crippen molar-refractivity contribution < 1.29 is 32.3 Å². The van der Waals surface area contributed by atoms with E-state index < -0.39 is 18.5 Å². The number of aromatic hydroxyl groups is 1. The van der Waals surface area contributed by atoms with Crippen LogP contribution in [0.15, 0.2) is 47.0 Å². The number of methoxy groups -OCH3 is 1. The topological polar surface area (TPSA) is 91.6 Å². The highest BCUT2D eigenvalue weighted by Gasteiger charge is 2.34. The number of rotatable bonds is 6. The Bertz CT molecular complexity index is 1430. The lowest BCUT2D eigenvalue weighted by Crippen LogP contribution is -2.32. The first-order valence-corrected chi connectivity index (χ1v) is 11.5. The van der Waals surface area contributed by atoms with Crippen molar-refractivity contribution in [2.45, 2.75) is 18.5 Å². The number of H-pyrrole nitrogens is 1. The quantitative estimate of drug-likeness (QED) is 0.275. The van der Waals surface area contributed by atoms with E-state index in [0.29, 0.717) is 41.0 Å². The van der Waals surface area contributed by atoms with Gasteiger partial charge < -0.3 is 19.4 Å². The van der Waals surface area contributed by atoms with Crippen molar-refractivity contribution in [3.05, 3.63) is 64.4 Å². The maximum atomic E-state index is 13.0. The average molecular weight is 556 g/mol. The fraction of sp³-hybridized carbons (Fsp3) is 0.280. The molecule has 4 aromatic rings. The molecule has 1 saturated heterocycles. The van der Waals surface area contributed by atoms with Crippen LogP contribution in [0.1, 0.15) is 34.0 Å². The molecule has 1 aliphatic rings. The van der Waals surface area contributed by atoms with Crippen molar-refractivity contribution in [1.29, 1.82) is 0 Å². The van der Waals surface area contributed by atoms with Gasteiger partial charge in [-0.15, -0.1) is 12.4 Å². The van der Waals surface area contributed by atoms with Crippen LogP contribution in [0.4, 0.5) is 13.2 Å². The first-order chi connectivity index (χ1) is 17.1. The van der Waals surface area contributed by atoms with Gasteiger partial charge in [0.2, 0.25) is 17.4 Å². The van der Waals surface area contributed by atoms with Gasteiger partial charge in [-0.2, -0.15) is 13.2 Å². The molecule has 12 heteroatoms. The summed E-state index contributed by atoms with van der Waals surface area (Å²) >= 11 is 6.52. The average Bonchev–Trinajstić information content (AvgIpc) is 3.55. The molecule has 2 aromatic heterocycles. The Labute approximate surface area is 220 Å². The van der Waals surface area contributed by atoms with Crippen LogP contribution in [0.5, 0.6) is 11.8 Å². The third-order valence-electron chi connectivity index (χ3n) is 6.38. The highest BCUT2D eigenvalue weighted by Crippen LogP contribution is 2.38. The molecule has 0 bridgehead atoms. The normalized spacial score (nSPS) is 16.2. The number of likely N-dealkylation sites (tertiary alicyclic amines) is 1. The molecule has 0 amide bonds. The Morgan fingerprint density at radius 3 is 2.65 bits per heavy atom. The molecule has 0 saturated carbocycles. The van der Waals surface area contributed by atoms with Crippen LogP contribution in [0, 0.1) is 0 Å². The van der Waals surface area contributed by atoms with Gasteiger partial charge >= 0.3 is 6.18 Å². The lowest BCUT2D eigenvalue weighted by molar-refractivity contribution is -0.143. The molecule has 1 fully saturated rings. The largest absolute Gasteiger partial charge is 0.494 e. The highest BCUT2D eigenvalue weighted by molar-refractivity contribution is 6.34. The SMILES string of the molecule is COc1cc(C(=O)c2c(O)[nH]c3cc(Cl)c(-c4ccc(C5CCN(CC(F)(F)F)C5)cc4)cc23)on1.Cl. The molecule has 3 heterocycles. The van der Waals surface area contributed by atoms with Gasteiger partial charge in [-0.3, -0.25) is 9.69 Å². The van der Waals surface area contributed by atoms with Crippen LogP contribution < -0.4 is 4.74 Å². The van der Waals surface area contributed by atoms with Crippen LogP contribution in [-0.2, 0) is 0 Å². The number of ether oxygens (including phenoxy) is 1. The minimum absolute atomic E-state index is 0. The number of nitrogens with one attached hydrogen (secondary N) is 1. The van der Waals surface area contributed by atoms with E-state index in [4.69, 9.17) is 20.9 Å². The predicted octanol–water partition coefficient (Wildman–Crippen LogP) is 6.19. The Morgan fingerprint density at radius 2 is 2.00 bits per heavy atom. The third-order valence-corrected chi connectivity index (χ3v) is 6.70. The summed E-state index contributed by atoms with van der Waals surface area (Å²) in [5.41, 5.74) is 2.81. The number of nitrogens with zero attached hydrogens (tertiary/aromatic N) is 2. The fourth-order valence-electron chi connectivity index (χ4n) is 4.67. The molecule has 2 N–H and O–H groups in total. The van der Waals surface area contributed by atoms with Crippen LogP contribution in [-0.4, -0.2) is 58.9 Å². The minimum Gasteiger partial charge on any atom is -0.494 e. The number of alkyl halides is 3.